The Kier molecular flexibility index (Phi) is 4.25. The number of ketones is 1. The highest BCUT2D eigenvalue weighted by Gasteiger charge is 2.32. The fraction of sp³-hybridized carbons (Fsp3) is 0.235. The lowest BCUT2D eigenvalue weighted by molar-refractivity contribution is -0.137. The fourth-order valence-electron chi connectivity index (χ4n) is 2.61. The maximum Gasteiger partial charge on any atom is 0.416 e. The molecule has 0 N–H and O–H groups in total. The van der Waals surface area contributed by atoms with Gasteiger partial charge in [-0.25, -0.2) is 4.39 Å². The average Bonchev–Trinajstić information content (AvgIpc) is 2.50. The van der Waals surface area contributed by atoms with Gasteiger partial charge < -0.3 is 4.74 Å². The van der Waals surface area contributed by atoms with Crippen LogP contribution >= 0.6 is 11.6 Å². The molecule has 0 saturated carbocycles. The molecule has 2 aromatic carbocycles. The van der Waals surface area contributed by atoms with Crippen LogP contribution in [0.5, 0.6) is 11.5 Å². The Morgan fingerprint density at radius 1 is 1.08 bits per heavy atom. The highest BCUT2D eigenvalue weighted by molar-refractivity contribution is 6.32. The van der Waals surface area contributed by atoms with Crippen molar-refractivity contribution in [2.24, 2.45) is 0 Å². The number of carbonyl (C=O) groups is 1. The van der Waals surface area contributed by atoms with E-state index in [2.05, 4.69) is 0 Å². The van der Waals surface area contributed by atoms with Crippen molar-refractivity contribution in [1.82, 2.24) is 0 Å². The Labute approximate surface area is 140 Å². The van der Waals surface area contributed by atoms with Crippen LogP contribution < -0.4 is 4.74 Å². The smallest absolute Gasteiger partial charge is 0.416 e. The van der Waals surface area contributed by atoms with E-state index in [0.29, 0.717) is 24.1 Å². The van der Waals surface area contributed by atoms with Crippen LogP contribution in [0.1, 0.15) is 34.3 Å². The minimum Gasteiger partial charge on any atom is -0.453 e. The zero-order chi connectivity index (χ0) is 17.5. The van der Waals surface area contributed by atoms with Gasteiger partial charge >= 0.3 is 6.18 Å². The van der Waals surface area contributed by atoms with Crippen LogP contribution in [0.4, 0.5) is 17.6 Å². The summed E-state index contributed by atoms with van der Waals surface area (Å²) in [5, 5.41) is -0.494. The van der Waals surface area contributed by atoms with Crippen LogP contribution in [0.2, 0.25) is 5.02 Å². The van der Waals surface area contributed by atoms with Gasteiger partial charge in [-0.05, 0) is 42.7 Å². The summed E-state index contributed by atoms with van der Waals surface area (Å²) in [7, 11) is 0. The molecule has 0 unspecified atom stereocenters. The van der Waals surface area contributed by atoms with Gasteiger partial charge in [-0.3, -0.25) is 4.79 Å². The molecular formula is C17H11ClF4O2. The number of hydrogen-bond donors (Lipinski definition) is 0. The minimum atomic E-state index is -4.71. The first-order valence-electron chi connectivity index (χ1n) is 7.16. The SMILES string of the molecule is O=C1CCCc2ccc(Oc3c(F)cc(C(F)(F)F)cc3Cl)cc21. The van der Waals surface area contributed by atoms with Crippen molar-refractivity contribution in [3.63, 3.8) is 0 Å². The van der Waals surface area contributed by atoms with Crippen molar-refractivity contribution in [2.75, 3.05) is 0 Å². The van der Waals surface area contributed by atoms with E-state index in [-0.39, 0.29) is 11.5 Å². The number of halogens is 5. The van der Waals surface area contributed by atoms with Crippen LogP contribution in [0, 0.1) is 5.82 Å². The molecule has 0 spiro atoms. The highest BCUT2D eigenvalue weighted by Crippen LogP contribution is 2.39. The van der Waals surface area contributed by atoms with Gasteiger partial charge in [-0.15, -0.1) is 0 Å². The second-order valence-corrected chi connectivity index (χ2v) is 5.87. The standard InChI is InChI=1S/C17H11ClF4O2/c18-13-6-10(17(20,21)22)7-14(19)16(13)24-11-5-4-9-2-1-3-15(23)12(9)8-11/h4-8H,1-3H2. The van der Waals surface area contributed by atoms with Gasteiger partial charge in [0.25, 0.3) is 0 Å². The van der Waals surface area contributed by atoms with Crippen molar-refractivity contribution in [2.45, 2.75) is 25.4 Å². The molecule has 7 heteroatoms. The van der Waals surface area contributed by atoms with Gasteiger partial charge in [0, 0.05) is 12.0 Å². The Bertz CT molecular complexity index is 792. The van der Waals surface area contributed by atoms with E-state index >= 15 is 0 Å². The molecule has 2 aromatic rings. The average molecular weight is 359 g/mol. The first-order chi connectivity index (χ1) is 11.3. The molecule has 0 bridgehead atoms. The zero-order valence-corrected chi connectivity index (χ0v) is 13.0. The second-order valence-electron chi connectivity index (χ2n) is 5.46. The number of Topliss-reactive ketones (excluding diaryl/α,β-unsaturated/α-hetero) is 1. The van der Waals surface area contributed by atoms with E-state index in [9.17, 15) is 22.4 Å². The van der Waals surface area contributed by atoms with Crippen LogP contribution in [0.15, 0.2) is 30.3 Å². The highest BCUT2D eigenvalue weighted by atomic mass is 35.5. The van der Waals surface area contributed by atoms with E-state index in [4.69, 9.17) is 16.3 Å². The normalized spacial score (nSPS) is 14.5. The number of carbonyl (C=O) groups excluding carboxylic acids is 1. The van der Waals surface area contributed by atoms with Gasteiger partial charge in [0.15, 0.2) is 17.3 Å². The third kappa shape index (κ3) is 3.24. The number of hydrogen-bond acceptors (Lipinski definition) is 2. The first kappa shape index (κ1) is 16.8. The van der Waals surface area contributed by atoms with Crippen molar-refractivity contribution in [3.8, 4) is 11.5 Å². The summed E-state index contributed by atoms with van der Waals surface area (Å²) in [6.07, 6.45) is -2.75. The molecule has 0 fully saturated rings. The second kappa shape index (κ2) is 6.09. The molecule has 0 aromatic heterocycles. The summed E-state index contributed by atoms with van der Waals surface area (Å²) in [6, 6.07) is 5.61. The molecule has 0 heterocycles. The minimum absolute atomic E-state index is 0.0410. The number of fused-ring (bicyclic) bond motifs is 1. The van der Waals surface area contributed by atoms with E-state index in [1.807, 2.05) is 0 Å². The Morgan fingerprint density at radius 3 is 2.50 bits per heavy atom. The molecule has 2 nitrogen and oxygen atoms in total. The predicted molar refractivity (Wildman–Crippen MR) is 80.2 cm³/mol. The van der Waals surface area contributed by atoms with Crippen LogP contribution in [0.3, 0.4) is 0 Å². The molecule has 24 heavy (non-hydrogen) atoms. The topological polar surface area (TPSA) is 26.3 Å². The summed E-state index contributed by atoms with van der Waals surface area (Å²) in [5.74, 6) is -1.63. The van der Waals surface area contributed by atoms with Gasteiger partial charge in [-0.2, -0.15) is 13.2 Å². The largest absolute Gasteiger partial charge is 0.453 e. The third-order valence-corrected chi connectivity index (χ3v) is 4.06. The number of aryl methyl sites for hydroxylation is 1. The predicted octanol–water partition coefficient (Wildman–Crippen LogP) is 5.81. The maximum atomic E-state index is 14.0. The number of ether oxygens (including phenoxy) is 1. The van der Waals surface area contributed by atoms with Gasteiger partial charge in [0.05, 0.1) is 10.6 Å². The lowest BCUT2D eigenvalue weighted by atomic mass is 9.90. The van der Waals surface area contributed by atoms with Gasteiger partial charge in [-0.1, -0.05) is 17.7 Å². The summed E-state index contributed by atoms with van der Waals surface area (Å²) in [6.45, 7) is 0. The third-order valence-electron chi connectivity index (χ3n) is 3.78. The quantitative estimate of drug-likeness (QED) is 0.633. The first-order valence-corrected chi connectivity index (χ1v) is 7.54. The van der Waals surface area contributed by atoms with Crippen LogP contribution in [-0.4, -0.2) is 5.78 Å². The van der Waals surface area contributed by atoms with Crippen molar-refractivity contribution in [1.29, 1.82) is 0 Å². The summed E-state index contributed by atoms with van der Waals surface area (Å²) < 4.78 is 57.2. The molecule has 1 aliphatic carbocycles. The van der Waals surface area contributed by atoms with E-state index in [1.54, 1.807) is 6.07 Å². The van der Waals surface area contributed by atoms with Gasteiger partial charge in [0.1, 0.15) is 5.75 Å². The Balaban J connectivity index is 1.95. The molecule has 0 atom stereocenters. The molecule has 126 valence electrons. The maximum absolute atomic E-state index is 14.0. The Morgan fingerprint density at radius 2 is 1.83 bits per heavy atom. The monoisotopic (exact) mass is 358 g/mol. The summed E-state index contributed by atoms with van der Waals surface area (Å²) in [4.78, 5) is 11.9. The molecule has 0 saturated heterocycles. The molecule has 0 aliphatic heterocycles. The zero-order valence-electron chi connectivity index (χ0n) is 12.2. The summed E-state index contributed by atoms with van der Waals surface area (Å²) >= 11 is 5.73. The van der Waals surface area contributed by atoms with Crippen LogP contribution in [-0.2, 0) is 12.6 Å². The van der Waals surface area contributed by atoms with Gasteiger partial charge in [0.2, 0.25) is 0 Å². The van der Waals surface area contributed by atoms with Crippen molar-refractivity contribution in [3.05, 3.63) is 57.9 Å². The van der Waals surface area contributed by atoms with E-state index in [1.165, 1.54) is 12.1 Å². The Hall–Kier alpha value is -2.08. The molecule has 0 amide bonds. The summed E-state index contributed by atoms with van der Waals surface area (Å²) in [5.41, 5.74) is 0.165. The molecule has 1 aliphatic rings. The molecular weight excluding hydrogens is 348 g/mol. The number of benzene rings is 2. The number of alkyl halides is 3. The number of rotatable bonds is 2. The van der Waals surface area contributed by atoms with Crippen molar-refractivity contribution < 1.29 is 27.1 Å². The van der Waals surface area contributed by atoms with Crippen LogP contribution in [0.25, 0.3) is 0 Å². The molecule has 3 rings (SSSR count). The lowest BCUT2D eigenvalue weighted by Gasteiger charge is -2.17. The fourth-order valence-corrected chi connectivity index (χ4v) is 2.86. The van der Waals surface area contributed by atoms with E-state index < -0.39 is 28.3 Å². The van der Waals surface area contributed by atoms with E-state index in [0.717, 1.165) is 18.4 Å². The lowest BCUT2D eigenvalue weighted by Crippen LogP contribution is -2.10. The van der Waals surface area contributed by atoms with Crippen molar-refractivity contribution >= 4 is 17.4 Å². The molecule has 0 radical (unpaired) electrons.